The molecule has 0 saturated carbocycles. The van der Waals surface area contributed by atoms with Crippen molar-refractivity contribution in [3.8, 4) is 11.4 Å². The first kappa shape index (κ1) is 19.6. The van der Waals surface area contributed by atoms with Gasteiger partial charge in [0.05, 0.1) is 17.8 Å². The van der Waals surface area contributed by atoms with Gasteiger partial charge in [-0.3, -0.25) is 9.36 Å². The molecule has 4 rings (SSSR count). The number of anilines is 2. The molecule has 0 saturated heterocycles. The van der Waals surface area contributed by atoms with Crippen LogP contribution < -0.4 is 15.6 Å². The first-order valence-electron chi connectivity index (χ1n) is 9.14. The zero-order valence-corrected chi connectivity index (χ0v) is 16.8. The number of nitrogens with one attached hydrogen (secondary N) is 2. The molecule has 2 N–H and O–H groups in total. The fourth-order valence-electron chi connectivity index (χ4n) is 2.92. The van der Waals surface area contributed by atoms with Crippen molar-refractivity contribution in [1.82, 2.24) is 30.2 Å². The van der Waals surface area contributed by atoms with Gasteiger partial charge in [-0.1, -0.05) is 28.9 Å². The molecule has 0 aliphatic heterocycles. The average molecular weight is 424 g/mol. The van der Waals surface area contributed by atoms with Crippen LogP contribution in [0.4, 0.5) is 11.5 Å². The molecule has 4 aromatic rings. The van der Waals surface area contributed by atoms with Gasteiger partial charge in [0.15, 0.2) is 11.6 Å². The third-order valence-electron chi connectivity index (χ3n) is 4.51. The van der Waals surface area contributed by atoms with Gasteiger partial charge in [0, 0.05) is 30.6 Å². The van der Waals surface area contributed by atoms with Crippen LogP contribution in [0, 0.1) is 0 Å². The Kier molecular flexibility index (Phi) is 5.71. The monoisotopic (exact) mass is 423 g/mol. The molecule has 0 unspecified atom stereocenters. The van der Waals surface area contributed by atoms with E-state index in [1.807, 2.05) is 24.3 Å². The highest BCUT2D eigenvalue weighted by Gasteiger charge is 2.10. The largest absolute Gasteiger partial charge is 0.497 e. The minimum absolute atomic E-state index is 0.172. The Balaban J connectivity index is 1.53. The van der Waals surface area contributed by atoms with E-state index in [9.17, 15) is 4.79 Å². The lowest BCUT2D eigenvalue weighted by Gasteiger charge is -2.11. The molecule has 0 fully saturated rings. The van der Waals surface area contributed by atoms with Crippen molar-refractivity contribution >= 4 is 23.1 Å². The van der Waals surface area contributed by atoms with Crippen LogP contribution in [0.3, 0.4) is 0 Å². The van der Waals surface area contributed by atoms with Crippen molar-refractivity contribution < 1.29 is 4.74 Å². The van der Waals surface area contributed by atoms with Crippen molar-refractivity contribution in [1.29, 1.82) is 0 Å². The number of hydrogen-bond acceptors (Lipinski definition) is 7. The molecule has 2 aromatic heterocycles. The molecule has 0 radical (unpaired) electrons. The Labute approximate surface area is 176 Å². The van der Waals surface area contributed by atoms with Crippen molar-refractivity contribution in [3.63, 3.8) is 0 Å². The van der Waals surface area contributed by atoms with Crippen LogP contribution in [0.2, 0.25) is 5.02 Å². The van der Waals surface area contributed by atoms with Crippen molar-refractivity contribution in [2.45, 2.75) is 12.8 Å². The van der Waals surface area contributed by atoms with Crippen LogP contribution in [-0.4, -0.2) is 37.3 Å². The molecular weight excluding hydrogens is 406 g/mol. The lowest BCUT2D eigenvalue weighted by molar-refractivity contribution is 0.415. The zero-order valence-electron chi connectivity index (χ0n) is 16.0. The SMILES string of the molecule is COc1ccc(Nc2nccn(-c3ccc(CCc4nn[nH]n4)cc3)c2=O)c(Cl)c1. The number of halogens is 1. The molecule has 0 atom stereocenters. The number of H-pyrrole nitrogens is 1. The van der Waals surface area contributed by atoms with Crippen LogP contribution in [0.25, 0.3) is 5.69 Å². The Morgan fingerprint density at radius 2 is 2.00 bits per heavy atom. The van der Waals surface area contributed by atoms with E-state index in [1.54, 1.807) is 37.7 Å². The smallest absolute Gasteiger partial charge is 0.298 e. The number of hydrogen-bond donors (Lipinski definition) is 2. The van der Waals surface area contributed by atoms with Crippen molar-refractivity contribution in [2.24, 2.45) is 0 Å². The maximum Gasteiger partial charge on any atom is 0.298 e. The maximum atomic E-state index is 12.9. The summed E-state index contributed by atoms with van der Waals surface area (Å²) in [4.78, 5) is 17.1. The van der Waals surface area contributed by atoms with Gasteiger partial charge in [-0.05, 0) is 36.2 Å². The van der Waals surface area contributed by atoms with E-state index in [-0.39, 0.29) is 11.4 Å². The lowest BCUT2D eigenvalue weighted by Crippen LogP contribution is -2.21. The highest BCUT2D eigenvalue weighted by atomic mass is 35.5. The number of ether oxygens (including phenoxy) is 1. The van der Waals surface area contributed by atoms with Crippen LogP contribution in [0.5, 0.6) is 5.75 Å². The number of nitrogens with zero attached hydrogens (tertiary/aromatic N) is 5. The highest BCUT2D eigenvalue weighted by molar-refractivity contribution is 6.33. The summed E-state index contributed by atoms with van der Waals surface area (Å²) in [6, 6.07) is 12.9. The number of tetrazole rings is 1. The molecule has 152 valence electrons. The van der Waals surface area contributed by atoms with Gasteiger partial charge in [-0.25, -0.2) is 4.98 Å². The van der Waals surface area contributed by atoms with Crippen LogP contribution in [0.1, 0.15) is 11.4 Å². The van der Waals surface area contributed by atoms with Gasteiger partial charge < -0.3 is 10.1 Å². The normalized spacial score (nSPS) is 10.7. The number of aromatic amines is 1. The Bertz CT molecular complexity index is 1190. The minimum Gasteiger partial charge on any atom is -0.497 e. The number of benzene rings is 2. The summed E-state index contributed by atoms with van der Waals surface area (Å²) < 4.78 is 6.67. The summed E-state index contributed by atoms with van der Waals surface area (Å²) in [5, 5.41) is 17.3. The molecule has 0 amide bonds. The third kappa shape index (κ3) is 4.31. The first-order chi connectivity index (χ1) is 14.6. The molecule has 2 heterocycles. The molecule has 9 nitrogen and oxygen atoms in total. The van der Waals surface area contributed by atoms with Gasteiger partial charge in [-0.15, -0.1) is 10.2 Å². The van der Waals surface area contributed by atoms with E-state index < -0.39 is 0 Å². The minimum atomic E-state index is -0.288. The van der Waals surface area contributed by atoms with Gasteiger partial charge in [0.2, 0.25) is 0 Å². The van der Waals surface area contributed by atoms with Gasteiger partial charge in [0.1, 0.15) is 5.75 Å². The third-order valence-corrected chi connectivity index (χ3v) is 4.82. The second-order valence-electron chi connectivity index (χ2n) is 6.42. The van der Waals surface area contributed by atoms with Crippen LogP contribution >= 0.6 is 11.6 Å². The molecule has 0 aliphatic carbocycles. The van der Waals surface area contributed by atoms with Gasteiger partial charge >= 0.3 is 0 Å². The summed E-state index contributed by atoms with van der Waals surface area (Å²) >= 11 is 6.26. The fourth-order valence-corrected chi connectivity index (χ4v) is 3.14. The predicted molar refractivity (Wildman–Crippen MR) is 113 cm³/mol. The van der Waals surface area contributed by atoms with Crippen molar-refractivity contribution in [2.75, 3.05) is 12.4 Å². The number of aryl methyl sites for hydroxylation is 2. The summed E-state index contributed by atoms with van der Waals surface area (Å²) in [6.45, 7) is 0. The second kappa shape index (κ2) is 8.75. The quantitative estimate of drug-likeness (QED) is 0.470. The summed E-state index contributed by atoms with van der Waals surface area (Å²) in [6.07, 6.45) is 4.64. The highest BCUT2D eigenvalue weighted by Crippen LogP contribution is 2.28. The van der Waals surface area contributed by atoms with Crippen molar-refractivity contribution in [3.05, 3.63) is 81.6 Å². The summed E-state index contributed by atoms with van der Waals surface area (Å²) in [5.41, 5.74) is 2.11. The fraction of sp³-hybridized carbons (Fsp3) is 0.150. The van der Waals surface area contributed by atoms with E-state index in [4.69, 9.17) is 16.3 Å². The van der Waals surface area contributed by atoms with Crippen LogP contribution in [-0.2, 0) is 12.8 Å². The molecular formula is C20H18ClN7O2. The van der Waals surface area contributed by atoms with E-state index in [2.05, 4.69) is 30.9 Å². The maximum absolute atomic E-state index is 12.9. The molecule has 2 aromatic carbocycles. The van der Waals surface area contributed by atoms with E-state index in [0.29, 0.717) is 28.7 Å². The molecule has 30 heavy (non-hydrogen) atoms. The number of aromatic nitrogens is 6. The van der Waals surface area contributed by atoms with Gasteiger partial charge in [-0.2, -0.15) is 5.21 Å². The Morgan fingerprint density at radius 1 is 1.17 bits per heavy atom. The zero-order chi connectivity index (χ0) is 20.9. The van der Waals surface area contributed by atoms with E-state index >= 15 is 0 Å². The Morgan fingerprint density at radius 3 is 2.70 bits per heavy atom. The second-order valence-corrected chi connectivity index (χ2v) is 6.82. The molecule has 0 aliphatic rings. The molecule has 0 bridgehead atoms. The van der Waals surface area contributed by atoms with Gasteiger partial charge in [0.25, 0.3) is 5.56 Å². The van der Waals surface area contributed by atoms with Crippen LogP contribution in [0.15, 0.2) is 59.7 Å². The lowest BCUT2D eigenvalue weighted by atomic mass is 10.1. The Hall–Kier alpha value is -3.72. The summed E-state index contributed by atoms with van der Waals surface area (Å²) in [5.74, 6) is 1.46. The number of methoxy groups -OCH3 is 1. The predicted octanol–water partition coefficient (Wildman–Crippen LogP) is 2.94. The van der Waals surface area contributed by atoms with E-state index in [0.717, 1.165) is 17.7 Å². The summed E-state index contributed by atoms with van der Waals surface area (Å²) in [7, 11) is 1.56. The van der Waals surface area contributed by atoms with E-state index in [1.165, 1.54) is 4.57 Å². The average Bonchev–Trinajstić information content (AvgIpc) is 3.29. The first-order valence-corrected chi connectivity index (χ1v) is 9.51. The molecule has 10 heteroatoms. The standard InChI is InChI=1S/C20H18ClN7O2/c1-30-15-7-8-17(16(21)12-15)23-19-20(29)28(11-10-22-19)14-5-2-13(3-6-14)4-9-18-24-26-27-25-18/h2-3,5-8,10-12H,4,9H2,1H3,(H,22,23)(H,24,25,26,27). The topological polar surface area (TPSA) is 111 Å². The number of rotatable bonds is 7. The molecule has 0 spiro atoms.